The van der Waals surface area contributed by atoms with Crippen molar-refractivity contribution in [2.75, 3.05) is 18.1 Å². The lowest BCUT2D eigenvalue weighted by atomic mass is 10.1. The molecule has 1 aromatic rings. The van der Waals surface area contributed by atoms with Gasteiger partial charge in [-0.2, -0.15) is 0 Å². The van der Waals surface area contributed by atoms with Crippen molar-refractivity contribution in [2.24, 2.45) is 0 Å². The largest absolute Gasteiger partial charge is 0.394 e. The molecule has 1 aliphatic heterocycles. The number of aliphatic hydroxyl groups is 1. The molecule has 1 fully saturated rings. The number of nitrogens with zero attached hydrogens (tertiary/aromatic N) is 1. The highest BCUT2D eigenvalue weighted by molar-refractivity contribution is 6.31. The van der Waals surface area contributed by atoms with Gasteiger partial charge in [-0.15, -0.1) is 0 Å². The molecule has 0 radical (unpaired) electrons. The van der Waals surface area contributed by atoms with Crippen molar-refractivity contribution in [3.8, 4) is 0 Å². The van der Waals surface area contributed by atoms with Crippen LogP contribution in [0.1, 0.15) is 36.0 Å². The fraction of sp³-hybridized carbons (Fsp3) is 0.500. The van der Waals surface area contributed by atoms with Crippen LogP contribution in [0.3, 0.4) is 0 Å². The van der Waals surface area contributed by atoms with E-state index in [1.807, 2.05) is 6.07 Å². The number of aldehydes is 1. The Morgan fingerprint density at radius 3 is 2.94 bits per heavy atom. The first kappa shape index (κ1) is 13.4. The minimum Gasteiger partial charge on any atom is -0.394 e. The van der Waals surface area contributed by atoms with Crippen molar-refractivity contribution in [1.29, 1.82) is 0 Å². The third kappa shape index (κ3) is 2.85. The summed E-state index contributed by atoms with van der Waals surface area (Å²) in [6.07, 6.45) is 5.21. The van der Waals surface area contributed by atoms with Crippen molar-refractivity contribution < 1.29 is 9.90 Å². The number of halogens is 1. The number of benzene rings is 1. The Balaban J connectivity index is 2.35. The summed E-state index contributed by atoms with van der Waals surface area (Å²) in [5.41, 5.74) is 1.48. The zero-order valence-electron chi connectivity index (χ0n) is 10.3. The number of rotatable bonds is 3. The zero-order valence-corrected chi connectivity index (χ0v) is 11.1. The van der Waals surface area contributed by atoms with Gasteiger partial charge in [0.2, 0.25) is 0 Å². The molecule has 2 rings (SSSR count). The van der Waals surface area contributed by atoms with Gasteiger partial charge in [-0.3, -0.25) is 4.79 Å². The van der Waals surface area contributed by atoms with E-state index in [9.17, 15) is 9.90 Å². The SMILES string of the molecule is O=Cc1cc(Cl)ccc1N1CCCCCC1CO. The first-order valence-electron chi connectivity index (χ1n) is 6.38. The highest BCUT2D eigenvalue weighted by Crippen LogP contribution is 2.28. The van der Waals surface area contributed by atoms with E-state index in [-0.39, 0.29) is 12.6 Å². The van der Waals surface area contributed by atoms with Crippen LogP contribution < -0.4 is 4.90 Å². The van der Waals surface area contributed by atoms with E-state index >= 15 is 0 Å². The Morgan fingerprint density at radius 2 is 2.22 bits per heavy atom. The van der Waals surface area contributed by atoms with Gasteiger partial charge in [0.25, 0.3) is 0 Å². The summed E-state index contributed by atoms with van der Waals surface area (Å²) in [6, 6.07) is 5.46. The van der Waals surface area contributed by atoms with Crippen LogP contribution in [0.15, 0.2) is 18.2 Å². The molecule has 0 aliphatic carbocycles. The summed E-state index contributed by atoms with van der Waals surface area (Å²) >= 11 is 5.91. The van der Waals surface area contributed by atoms with Crippen LogP contribution in [-0.4, -0.2) is 30.6 Å². The van der Waals surface area contributed by atoms with Gasteiger partial charge in [-0.05, 0) is 31.0 Å². The van der Waals surface area contributed by atoms with Crippen LogP contribution in [0.4, 0.5) is 5.69 Å². The monoisotopic (exact) mass is 267 g/mol. The lowest BCUT2D eigenvalue weighted by molar-refractivity contribution is 0.112. The Labute approximate surface area is 112 Å². The maximum atomic E-state index is 11.2. The predicted molar refractivity (Wildman–Crippen MR) is 73.5 cm³/mol. The first-order valence-corrected chi connectivity index (χ1v) is 6.76. The van der Waals surface area contributed by atoms with E-state index < -0.39 is 0 Å². The highest BCUT2D eigenvalue weighted by atomic mass is 35.5. The topological polar surface area (TPSA) is 40.5 Å². The molecular formula is C14H18ClNO2. The molecule has 1 aliphatic rings. The second-order valence-electron chi connectivity index (χ2n) is 4.70. The quantitative estimate of drug-likeness (QED) is 0.856. The van der Waals surface area contributed by atoms with Gasteiger partial charge >= 0.3 is 0 Å². The van der Waals surface area contributed by atoms with Crippen LogP contribution in [0, 0.1) is 0 Å². The lowest BCUT2D eigenvalue weighted by Crippen LogP contribution is -2.38. The maximum absolute atomic E-state index is 11.2. The van der Waals surface area contributed by atoms with E-state index in [4.69, 9.17) is 11.6 Å². The van der Waals surface area contributed by atoms with Crippen molar-refractivity contribution in [3.05, 3.63) is 28.8 Å². The third-order valence-electron chi connectivity index (χ3n) is 3.51. The molecule has 1 saturated heterocycles. The minimum atomic E-state index is 0.104. The van der Waals surface area contributed by atoms with Crippen LogP contribution in [-0.2, 0) is 0 Å². The third-order valence-corrected chi connectivity index (χ3v) is 3.75. The Kier molecular flexibility index (Phi) is 4.61. The second kappa shape index (κ2) is 6.21. The summed E-state index contributed by atoms with van der Waals surface area (Å²) in [5.74, 6) is 0. The number of hydrogen-bond acceptors (Lipinski definition) is 3. The lowest BCUT2D eigenvalue weighted by Gasteiger charge is -2.31. The molecule has 98 valence electrons. The van der Waals surface area contributed by atoms with Crippen LogP contribution in [0.5, 0.6) is 0 Å². The molecule has 0 bridgehead atoms. The Hall–Kier alpha value is -1.06. The van der Waals surface area contributed by atoms with Crippen molar-refractivity contribution >= 4 is 23.6 Å². The van der Waals surface area contributed by atoms with Gasteiger partial charge in [-0.25, -0.2) is 0 Å². The van der Waals surface area contributed by atoms with Crippen LogP contribution in [0.2, 0.25) is 5.02 Å². The summed E-state index contributed by atoms with van der Waals surface area (Å²) in [5, 5.41) is 10.1. The summed E-state index contributed by atoms with van der Waals surface area (Å²) < 4.78 is 0. The van der Waals surface area contributed by atoms with E-state index in [2.05, 4.69) is 4.90 Å². The molecule has 1 unspecified atom stereocenters. The van der Waals surface area contributed by atoms with E-state index in [0.717, 1.165) is 37.8 Å². The van der Waals surface area contributed by atoms with E-state index in [1.165, 1.54) is 6.42 Å². The second-order valence-corrected chi connectivity index (χ2v) is 5.14. The molecule has 0 spiro atoms. The molecule has 3 nitrogen and oxygen atoms in total. The minimum absolute atomic E-state index is 0.104. The zero-order chi connectivity index (χ0) is 13.0. The Morgan fingerprint density at radius 1 is 1.39 bits per heavy atom. The standard InChI is InChI=1S/C14H18ClNO2/c15-12-5-6-14(11(8-12)9-17)16-7-3-1-2-4-13(16)10-18/h5-6,8-9,13,18H,1-4,7,10H2. The number of anilines is 1. The first-order chi connectivity index (χ1) is 8.76. The van der Waals surface area contributed by atoms with E-state index in [0.29, 0.717) is 10.6 Å². The molecule has 1 N–H and O–H groups in total. The maximum Gasteiger partial charge on any atom is 0.152 e. The van der Waals surface area contributed by atoms with E-state index in [1.54, 1.807) is 12.1 Å². The number of carbonyl (C=O) groups excluding carboxylic acids is 1. The molecule has 1 heterocycles. The van der Waals surface area contributed by atoms with Gasteiger partial charge in [0.05, 0.1) is 12.6 Å². The van der Waals surface area contributed by atoms with Gasteiger partial charge in [0.1, 0.15) is 0 Å². The average Bonchev–Trinajstić information content (AvgIpc) is 2.63. The highest BCUT2D eigenvalue weighted by Gasteiger charge is 2.22. The smallest absolute Gasteiger partial charge is 0.152 e. The fourth-order valence-corrected chi connectivity index (χ4v) is 2.75. The Bertz CT molecular complexity index is 422. The number of aliphatic hydroxyl groups excluding tert-OH is 1. The summed E-state index contributed by atoms with van der Waals surface area (Å²) in [7, 11) is 0. The average molecular weight is 268 g/mol. The molecule has 0 saturated carbocycles. The van der Waals surface area contributed by atoms with Crippen LogP contribution >= 0.6 is 11.6 Å². The molecule has 1 atom stereocenters. The molecule has 1 aromatic carbocycles. The summed E-state index contributed by atoms with van der Waals surface area (Å²) in [4.78, 5) is 13.3. The van der Waals surface area contributed by atoms with Crippen molar-refractivity contribution in [3.63, 3.8) is 0 Å². The molecule has 4 heteroatoms. The molecular weight excluding hydrogens is 250 g/mol. The number of hydrogen-bond donors (Lipinski definition) is 1. The molecule has 18 heavy (non-hydrogen) atoms. The summed E-state index contributed by atoms with van der Waals surface area (Å²) in [6.45, 7) is 1.01. The number of carbonyl (C=O) groups is 1. The molecule has 0 amide bonds. The van der Waals surface area contributed by atoms with Gasteiger partial charge < -0.3 is 10.0 Å². The normalized spacial score (nSPS) is 20.6. The van der Waals surface area contributed by atoms with Crippen molar-refractivity contribution in [1.82, 2.24) is 0 Å². The van der Waals surface area contributed by atoms with Gasteiger partial charge in [0.15, 0.2) is 6.29 Å². The fourth-order valence-electron chi connectivity index (χ4n) is 2.57. The van der Waals surface area contributed by atoms with Gasteiger partial charge in [0, 0.05) is 22.8 Å². The predicted octanol–water partition coefficient (Wildman–Crippen LogP) is 2.89. The van der Waals surface area contributed by atoms with Gasteiger partial charge in [-0.1, -0.05) is 24.4 Å². The van der Waals surface area contributed by atoms with Crippen LogP contribution in [0.25, 0.3) is 0 Å². The van der Waals surface area contributed by atoms with Crippen molar-refractivity contribution in [2.45, 2.75) is 31.7 Å². The molecule has 0 aromatic heterocycles.